The standard InChI is InChI=1S/C28H35N9O5/c1-14-7-9-31-17(11-14)23(39)32-12-18-21-27(36-24(29)35-21)28(40,41)19(13-37(27)25(30)33-18)34-22(38)15-5-4-6-16-20(15)42-10-8-26(16,2)3/h4-7,9,11,18-19,21,40-41H,8,10,12-13H2,1-3H3,(H2,30,33)(H,32,39)(H,34,38)(H3,29,35,36)/t18?,19?,21?,27-/m1/s1. The minimum atomic E-state index is -2.65. The largest absolute Gasteiger partial charge is 0.492 e. The third kappa shape index (κ3) is 4.12. The molecule has 2 aromatic rings. The molecule has 0 saturated carbocycles. The van der Waals surface area contributed by atoms with Gasteiger partial charge in [-0.2, -0.15) is 0 Å². The van der Waals surface area contributed by atoms with Gasteiger partial charge in [0.2, 0.25) is 5.79 Å². The highest BCUT2D eigenvalue weighted by Gasteiger charge is 2.74. The molecule has 3 fully saturated rings. The lowest BCUT2D eigenvalue weighted by Crippen LogP contribution is -2.81. The van der Waals surface area contributed by atoms with E-state index in [0.29, 0.717) is 12.4 Å². The third-order valence-electron chi connectivity index (χ3n) is 8.80. The molecule has 0 radical (unpaired) electrons. The molecule has 6 rings (SSSR count). The molecule has 222 valence electrons. The topological polar surface area (TPSA) is 208 Å². The predicted molar refractivity (Wildman–Crippen MR) is 151 cm³/mol. The van der Waals surface area contributed by atoms with Crippen LogP contribution in [0.25, 0.3) is 0 Å². The zero-order valence-electron chi connectivity index (χ0n) is 23.5. The monoisotopic (exact) mass is 577 g/mol. The van der Waals surface area contributed by atoms with Gasteiger partial charge in [-0.25, -0.2) is 0 Å². The van der Waals surface area contributed by atoms with Crippen molar-refractivity contribution < 1.29 is 24.5 Å². The molecule has 1 spiro atoms. The summed E-state index contributed by atoms with van der Waals surface area (Å²) in [6.45, 7) is 6.30. The second-order valence-corrected chi connectivity index (χ2v) is 11.9. The lowest BCUT2D eigenvalue weighted by Gasteiger charge is -2.51. The second kappa shape index (κ2) is 9.56. The van der Waals surface area contributed by atoms with E-state index in [1.807, 2.05) is 13.0 Å². The number of aromatic nitrogens is 1. The van der Waals surface area contributed by atoms with Gasteiger partial charge in [-0.15, -0.1) is 0 Å². The molecule has 14 heteroatoms. The number of hydrogen-bond acceptors (Lipinski definition) is 8. The van der Waals surface area contributed by atoms with Crippen LogP contribution in [-0.2, 0) is 5.41 Å². The molecule has 0 bridgehead atoms. The normalized spacial score (nSPS) is 28.2. The number of nitrogens with one attached hydrogen (secondary N) is 7. The molecular formula is C28H35N9O5. The van der Waals surface area contributed by atoms with Crippen LogP contribution in [-0.4, -0.2) is 93.1 Å². The smallest absolute Gasteiger partial charge is 0.269 e. The number of rotatable bonds is 5. The van der Waals surface area contributed by atoms with Gasteiger partial charge in [0, 0.05) is 24.8 Å². The Hall–Kier alpha value is -4.43. The van der Waals surface area contributed by atoms with Crippen molar-refractivity contribution >= 4 is 23.7 Å². The fourth-order valence-electron chi connectivity index (χ4n) is 6.49. The van der Waals surface area contributed by atoms with E-state index in [1.165, 1.54) is 11.1 Å². The predicted octanol–water partition coefficient (Wildman–Crippen LogP) is -0.926. The zero-order valence-corrected chi connectivity index (χ0v) is 23.5. The minimum absolute atomic E-state index is 0.0184. The molecule has 14 nitrogen and oxygen atoms in total. The maximum Gasteiger partial charge on any atom is 0.269 e. The van der Waals surface area contributed by atoms with Crippen LogP contribution in [0.15, 0.2) is 36.5 Å². The number of nitrogens with zero attached hydrogens (tertiary/aromatic N) is 2. The first-order valence-electron chi connectivity index (χ1n) is 13.8. The first-order chi connectivity index (χ1) is 19.8. The molecule has 3 unspecified atom stereocenters. The van der Waals surface area contributed by atoms with Gasteiger partial charge in [0.05, 0.1) is 24.3 Å². The van der Waals surface area contributed by atoms with Gasteiger partial charge >= 0.3 is 0 Å². The number of aliphatic hydroxyl groups is 2. The van der Waals surface area contributed by atoms with E-state index in [-0.39, 0.29) is 41.7 Å². The van der Waals surface area contributed by atoms with Crippen LogP contribution in [0.3, 0.4) is 0 Å². The molecule has 4 atom stereocenters. The van der Waals surface area contributed by atoms with Gasteiger partial charge in [0.1, 0.15) is 17.5 Å². The number of hydrogen-bond donors (Lipinski definition) is 9. The van der Waals surface area contributed by atoms with Crippen molar-refractivity contribution in [2.45, 2.75) is 62.2 Å². The number of guanidine groups is 2. The number of benzene rings is 1. The fourth-order valence-corrected chi connectivity index (χ4v) is 6.49. The van der Waals surface area contributed by atoms with Gasteiger partial charge in [0.25, 0.3) is 11.8 Å². The van der Waals surface area contributed by atoms with Crippen molar-refractivity contribution in [3.63, 3.8) is 0 Å². The van der Waals surface area contributed by atoms with Crippen molar-refractivity contribution in [2.24, 2.45) is 0 Å². The summed E-state index contributed by atoms with van der Waals surface area (Å²) < 4.78 is 5.89. The van der Waals surface area contributed by atoms with Crippen LogP contribution in [0.4, 0.5) is 0 Å². The van der Waals surface area contributed by atoms with Crippen molar-refractivity contribution in [1.29, 1.82) is 10.8 Å². The zero-order chi connectivity index (χ0) is 30.0. The summed E-state index contributed by atoms with van der Waals surface area (Å²) in [6.07, 6.45) is 2.33. The lowest BCUT2D eigenvalue weighted by molar-refractivity contribution is -0.232. The van der Waals surface area contributed by atoms with Crippen molar-refractivity contribution in [3.05, 3.63) is 58.9 Å². The summed E-state index contributed by atoms with van der Waals surface area (Å²) in [5.74, 6) is -3.51. The maximum atomic E-state index is 13.6. The SMILES string of the molecule is Cc1ccnc(C(=O)NCC2NC(=N)N3CC(NC(=O)c4cccc5c4OCCC5(C)C)C(O)(O)[C@]34NC(=N)NC24)c1. The molecule has 1 aromatic heterocycles. The van der Waals surface area contributed by atoms with E-state index in [9.17, 15) is 19.8 Å². The number of fused-ring (bicyclic) bond motifs is 1. The first-order valence-corrected chi connectivity index (χ1v) is 13.8. The number of amides is 2. The second-order valence-electron chi connectivity index (χ2n) is 11.9. The van der Waals surface area contributed by atoms with Crippen LogP contribution in [0, 0.1) is 17.7 Å². The minimum Gasteiger partial charge on any atom is -0.492 e. The summed E-state index contributed by atoms with van der Waals surface area (Å²) in [7, 11) is 0. The Labute approximate surface area is 242 Å². The molecular weight excluding hydrogens is 542 g/mol. The van der Waals surface area contributed by atoms with Crippen LogP contribution >= 0.6 is 0 Å². The van der Waals surface area contributed by atoms with E-state index in [2.05, 4.69) is 45.4 Å². The molecule has 9 N–H and O–H groups in total. The maximum absolute atomic E-state index is 13.6. The molecule has 4 aliphatic rings. The number of carbonyl (C=O) groups excluding carboxylic acids is 2. The van der Waals surface area contributed by atoms with Crippen LogP contribution in [0.5, 0.6) is 5.75 Å². The van der Waals surface area contributed by atoms with E-state index in [1.54, 1.807) is 24.3 Å². The summed E-state index contributed by atoms with van der Waals surface area (Å²) in [5.41, 5.74) is 0.278. The molecule has 2 amide bonds. The summed E-state index contributed by atoms with van der Waals surface area (Å²) in [4.78, 5) is 31.8. The van der Waals surface area contributed by atoms with Crippen LogP contribution < -0.4 is 31.3 Å². The van der Waals surface area contributed by atoms with E-state index >= 15 is 0 Å². The highest BCUT2D eigenvalue weighted by molar-refractivity contribution is 5.98. The number of para-hydroxylation sites is 1. The average molecular weight is 578 g/mol. The van der Waals surface area contributed by atoms with Crippen molar-refractivity contribution in [2.75, 3.05) is 19.7 Å². The quantitative estimate of drug-likeness (QED) is 0.200. The lowest BCUT2D eigenvalue weighted by atomic mass is 9.79. The Morgan fingerprint density at radius 2 is 1.98 bits per heavy atom. The molecule has 1 aromatic carbocycles. The molecule has 4 aliphatic heterocycles. The summed E-state index contributed by atoms with van der Waals surface area (Å²) in [6, 6.07) is 5.87. The number of ether oxygens (including phenoxy) is 1. The number of carbonyl (C=O) groups is 2. The Kier molecular flexibility index (Phi) is 6.31. The Bertz CT molecular complexity index is 1490. The Morgan fingerprint density at radius 3 is 2.74 bits per heavy atom. The summed E-state index contributed by atoms with van der Waals surface area (Å²) in [5, 5.41) is 54.7. The Balaban J connectivity index is 1.26. The van der Waals surface area contributed by atoms with Gasteiger partial charge in [-0.3, -0.25) is 25.4 Å². The van der Waals surface area contributed by atoms with Gasteiger partial charge in [-0.05, 0) is 42.5 Å². The molecule has 0 aliphatic carbocycles. The molecule has 5 heterocycles. The van der Waals surface area contributed by atoms with E-state index in [0.717, 1.165) is 17.5 Å². The van der Waals surface area contributed by atoms with Crippen LogP contribution in [0.1, 0.15) is 52.2 Å². The number of pyridine rings is 1. The molecule has 42 heavy (non-hydrogen) atoms. The third-order valence-corrected chi connectivity index (χ3v) is 8.80. The van der Waals surface area contributed by atoms with Gasteiger partial charge < -0.3 is 46.4 Å². The highest BCUT2D eigenvalue weighted by Crippen LogP contribution is 2.44. The summed E-state index contributed by atoms with van der Waals surface area (Å²) >= 11 is 0. The first kappa shape index (κ1) is 27.7. The van der Waals surface area contributed by atoms with Crippen molar-refractivity contribution in [1.82, 2.24) is 36.5 Å². The number of aryl methyl sites for hydroxylation is 1. The van der Waals surface area contributed by atoms with E-state index < -0.39 is 41.4 Å². The fraction of sp³-hybridized carbons (Fsp3) is 0.464. The van der Waals surface area contributed by atoms with Crippen molar-refractivity contribution in [3.8, 4) is 5.75 Å². The average Bonchev–Trinajstić information content (AvgIpc) is 3.40. The highest BCUT2D eigenvalue weighted by atomic mass is 16.5. The van der Waals surface area contributed by atoms with Gasteiger partial charge in [-0.1, -0.05) is 26.0 Å². The Morgan fingerprint density at radius 1 is 1.19 bits per heavy atom. The molecule has 3 saturated heterocycles. The van der Waals surface area contributed by atoms with Gasteiger partial charge in [0.15, 0.2) is 17.6 Å². The van der Waals surface area contributed by atoms with E-state index in [4.69, 9.17) is 15.6 Å². The van der Waals surface area contributed by atoms with Crippen LogP contribution in [0.2, 0.25) is 0 Å².